The molecule has 2 heterocycles. The van der Waals surface area contributed by atoms with Gasteiger partial charge in [-0.25, -0.2) is 0 Å². The molecule has 2 aliphatic heterocycles. The van der Waals surface area contributed by atoms with Gasteiger partial charge in [-0.2, -0.15) is 0 Å². The van der Waals surface area contributed by atoms with Crippen molar-refractivity contribution in [3.8, 4) is 5.75 Å². The molecule has 5 heteroatoms. The van der Waals surface area contributed by atoms with Crippen LogP contribution in [0.3, 0.4) is 0 Å². The Morgan fingerprint density at radius 2 is 1.86 bits per heavy atom. The summed E-state index contributed by atoms with van der Waals surface area (Å²) in [5, 5.41) is 0. The molecular weight excluding hydrogens is 268 g/mol. The van der Waals surface area contributed by atoms with Crippen LogP contribution in [0.5, 0.6) is 5.75 Å². The second-order valence-corrected chi connectivity index (χ2v) is 5.98. The average Bonchev–Trinajstić information content (AvgIpc) is 2.90. The SMILES string of the molecule is CC(C)Oc1cc(N2CCC3(CC2)OCCO3)ccc1N. The van der Waals surface area contributed by atoms with Crippen LogP contribution in [0.25, 0.3) is 0 Å². The largest absolute Gasteiger partial charge is 0.489 e. The van der Waals surface area contributed by atoms with Gasteiger partial charge in [0.1, 0.15) is 5.75 Å². The van der Waals surface area contributed by atoms with Crippen LogP contribution in [0.1, 0.15) is 26.7 Å². The average molecular weight is 292 g/mol. The van der Waals surface area contributed by atoms with E-state index in [0.717, 1.165) is 37.4 Å². The van der Waals surface area contributed by atoms with Crippen molar-refractivity contribution in [2.24, 2.45) is 0 Å². The third-order valence-corrected chi connectivity index (χ3v) is 4.06. The molecule has 0 bridgehead atoms. The molecule has 5 nitrogen and oxygen atoms in total. The highest BCUT2D eigenvalue weighted by molar-refractivity contribution is 5.62. The van der Waals surface area contributed by atoms with Crippen molar-refractivity contribution in [3.63, 3.8) is 0 Å². The third-order valence-electron chi connectivity index (χ3n) is 4.06. The molecule has 1 spiro atoms. The summed E-state index contributed by atoms with van der Waals surface area (Å²) in [6.45, 7) is 7.29. The molecule has 0 aromatic heterocycles. The molecule has 2 aliphatic rings. The summed E-state index contributed by atoms with van der Waals surface area (Å²) in [6.07, 6.45) is 1.92. The fourth-order valence-corrected chi connectivity index (χ4v) is 2.97. The first-order chi connectivity index (χ1) is 10.1. The Bertz CT molecular complexity index is 488. The Morgan fingerprint density at radius 3 is 2.48 bits per heavy atom. The minimum Gasteiger partial charge on any atom is -0.489 e. The normalized spacial score (nSPS) is 21.2. The first kappa shape index (κ1) is 14.5. The molecule has 0 atom stereocenters. The third kappa shape index (κ3) is 3.09. The zero-order valence-corrected chi connectivity index (χ0v) is 12.8. The summed E-state index contributed by atoms with van der Waals surface area (Å²) in [4.78, 5) is 2.34. The lowest BCUT2D eigenvalue weighted by Gasteiger charge is -2.38. The fourth-order valence-electron chi connectivity index (χ4n) is 2.97. The van der Waals surface area contributed by atoms with Gasteiger partial charge < -0.3 is 24.8 Å². The second-order valence-electron chi connectivity index (χ2n) is 5.98. The molecule has 0 saturated carbocycles. The second kappa shape index (κ2) is 5.73. The van der Waals surface area contributed by atoms with E-state index in [1.54, 1.807) is 0 Å². The van der Waals surface area contributed by atoms with Gasteiger partial charge in [-0.05, 0) is 26.0 Å². The van der Waals surface area contributed by atoms with Gasteiger partial charge in [0.05, 0.1) is 25.0 Å². The van der Waals surface area contributed by atoms with E-state index in [0.29, 0.717) is 18.9 Å². The quantitative estimate of drug-likeness (QED) is 0.867. The van der Waals surface area contributed by atoms with Crippen LogP contribution in [-0.2, 0) is 9.47 Å². The van der Waals surface area contributed by atoms with Crippen molar-refractivity contribution in [1.29, 1.82) is 0 Å². The summed E-state index contributed by atoms with van der Waals surface area (Å²) < 4.78 is 17.3. The van der Waals surface area contributed by atoms with Crippen LogP contribution >= 0.6 is 0 Å². The number of piperidine rings is 1. The molecular formula is C16H24N2O3. The zero-order valence-electron chi connectivity index (χ0n) is 12.8. The lowest BCUT2D eigenvalue weighted by Crippen LogP contribution is -2.45. The molecule has 21 heavy (non-hydrogen) atoms. The van der Waals surface area contributed by atoms with E-state index in [1.165, 1.54) is 0 Å². The van der Waals surface area contributed by atoms with Crippen LogP contribution < -0.4 is 15.4 Å². The Balaban J connectivity index is 1.70. The lowest BCUT2D eigenvalue weighted by atomic mass is 10.0. The van der Waals surface area contributed by atoms with E-state index < -0.39 is 0 Å². The Morgan fingerprint density at radius 1 is 1.19 bits per heavy atom. The van der Waals surface area contributed by atoms with Gasteiger partial charge >= 0.3 is 0 Å². The number of hydrogen-bond acceptors (Lipinski definition) is 5. The summed E-state index contributed by atoms with van der Waals surface area (Å²) in [5.41, 5.74) is 7.81. The zero-order chi connectivity index (χ0) is 14.9. The minimum atomic E-state index is -0.332. The van der Waals surface area contributed by atoms with E-state index in [2.05, 4.69) is 11.0 Å². The molecule has 0 radical (unpaired) electrons. The minimum absolute atomic E-state index is 0.118. The highest BCUT2D eigenvalue weighted by Crippen LogP contribution is 2.35. The number of nitrogen functional groups attached to an aromatic ring is 1. The maximum absolute atomic E-state index is 5.98. The van der Waals surface area contributed by atoms with Crippen LogP contribution in [0.2, 0.25) is 0 Å². The molecule has 0 unspecified atom stereocenters. The summed E-state index contributed by atoms with van der Waals surface area (Å²) in [6, 6.07) is 6.00. The van der Waals surface area contributed by atoms with Gasteiger partial charge in [0, 0.05) is 37.7 Å². The number of nitrogens with zero attached hydrogens (tertiary/aromatic N) is 1. The van der Waals surface area contributed by atoms with Crippen molar-refractivity contribution in [2.45, 2.75) is 38.6 Å². The van der Waals surface area contributed by atoms with Crippen molar-refractivity contribution in [2.75, 3.05) is 36.9 Å². The van der Waals surface area contributed by atoms with Crippen molar-refractivity contribution in [3.05, 3.63) is 18.2 Å². The van der Waals surface area contributed by atoms with Gasteiger partial charge in [-0.15, -0.1) is 0 Å². The highest BCUT2D eigenvalue weighted by atomic mass is 16.7. The first-order valence-electron chi connectivity index (χ1n) is 7.67. The molecule has 3 rings (SSSR count). The van der Waals surface area contributed by atoms with Gasteiger partial charge in [-0.3, -0.25) is 0 Å². The summed E-state index contributed by atoms with van der Waals surface area (Å²) in [5.74, 6) is 0.429. The molecule has 2 N–H and O–H groups in total. The molecule has 0 amide bonds. The van der Waals surface area contributed by atoms with Gasteiger partial charge in [-0.1, -0.05) is 0 Å². The van der Waals surface area contributed by atoms with Gasteiger partial charge in [0.25, 0.3) is 0 Å². The number of hydrogen-bond donors (Lipinski definition) is 1. The van der Waals surface area contributed by atoms with Crippen LogP contribution in [0.15, 0.2) is 18.2 Å². The van der Waals surface area contributed by atoms with E-state index >= 15 is 0 Å². The van der Waals surface area contributed by atoms with Crippen LogP contribution in [0, 0.1) is 0 Å². The smallest absolute Gasteiger partial charge is 0.171 e. The maximum Gasteiger partial charge on any atom is 0.171 e. The fraction of sp³-hybridized carbons (Fsp3) is 0.625. The molecule has 116 valence electrons. The van der Waals surface area contributed by atoms with E-state index in [1.807, 2.05) is 26.0 Å². The van der Waals surface area contributed by atoms with Crippen LogP contribution in [0.4, 0.5) is 11.4 Å². The Hall–Kier alpha value is -1.46. The standard InChI is InChI=1S/C16H24N2O3/c1-12(2)21-15-11-13(3-4-14(15)17)18-7-5-16(6-8-18)19-9-10-20-16/h3-4,11-12H,5-10,17H2,1-2H3. The predicted octanol–water partition coefficient (Wildman–Crippen LogP) is 2.40. The number of ether oxygens (including phenoxy) is 3. The van der Waals surface area contributed by atoms with E-state index in [-0.39, 0.29) is 11.9 Å². The first-order valence-corrected chi connectivity index (χ1v) is 7.67. The molecule has 2 saturated heterocycles. The van der Waals surface area contributed by atoms with Crippen molar-refractivity contribution in [1.82, 2.24) is 0 Å². The summed E-state index contributed by atoms with van der Waals surface area (Å²) >= 11 is 0. The van der Waals surface area contributed by atoms with E-state index in [4.69, 9.17) is 19.9 Å². The topological polar surface area (TPSA) is 57.0 Å². The molecule has 1 aromatic carbocycles. The number of anilines is 2. The van der Waals surface area contributed by atoms with Crippen molar-refractivity contribution < 1.29 is 14.2 Å². The monoisotopic (exact) mass is 292 g/mol. The molecule has 2 fully saturated rings. The molecule has 1 aromatic rings. The van der Waals surface area contributed by atoms with E-state index in [9.17, 15) is 0 Å². The predicted molar refractivity (Wildman–Crippen MR) is 82.7 cm³/mol. The van der Waals surface area contributed by atoms with Crippen LogP contribution in [-0.4, -0.2) is 38.2 Å². The molecule has 0 aliphatic carbocycles. The Labute approximate surface area is 126 Å². The van der Waals surface area contributed by atoms with Crippen molar-refractivity contribution >= 4 is 11.4 Å². The lowest BCUT2D eigenvalue weighted by molar-refractivity contribution is -0.169. The number of rotatable bonds is 3. The number of nitrogens with two attached hydrogens (primary N) is 1. The van der Waals surface area contributed by atoms with Gasteiger partial charge in [0.2, 0.25) is 0 Å². The number of benzene rings is 1. The summed E-state index contributed by atoms with van der Waals surface area (Å²) in [7, 11) is 0. The Kier molecular flexibility index (Phi) is 3.95. The highest BCUT2D eigenvalue weighted by Gasteiger charge is 2.39. The maximum atomic E-state index is 5.98. The van der Waals surface area contributed by atoms with Gasteiger partial charge in [0.15, 0.2) is 5.79 Å².